The fourth-order valence-corrected chi connectivity index (χ4v) is 4.34. The first kappa shape index (κ1) is 16.8. The molecular formula is C20H19NO4S. The van der Waals surface area contributed by atoms with Gasteiger partial charge in [0, 0.05) is 28.9 Å². The monoisotopic (exact) mass is 369 g/mol. The van der Waals surface area contributed by atoms with E-state index in [0.29, 0.717) is 11.3 Å². The van der Waals surface area contributed by atoms with E-state index in [9.17, 15) is 9.59 Å². The van der Waals surface area contributed by atoms with E-state index in [1.807, 2.05) is 29.3 Å². The maximum absolute atomic E-state index is 12.6. The molecule has 1 aliphatic heterocycles. The number of carbonyl (C=O) groups excluding carboxylic acids is 1. The van der Waals surface area contributed by atoms with Crippen molar-refractivity contribution < 1.29 is 13.9 Å². The Morgan fingerprint density at radius 1 is 1.35 bits per heavy atom. The van der Waals surface area contributed by atoms with Gasteiger partial charge in [0.2, 0.25) is 0 Å². The van der Waals surface area contributed by atoms with Crippen LogP contribution in [-0.2, 0) is 4.79 Å². The number of aryl methyl sites for hydroxylation is 1. The van der Waals surface area contributed by atoms with Crippen LogP contribution in [0.15, 0.2) is 51.0 Å². The molecule has 0 radical (unpaired) electrons. The zero-order valence-electron chi connectivity index (χ0n) is 14.4. The summed E-state index contributed by atoms with van der Waals surface area (Å²) in [5.41, 5.74) is 0.936. The zero-order chi connectivity index (χ0) is 18.1. The SMILES string of the molecule is Cc1cc(=O)oc2cc(OCC(=O)N3CCC[C@H]3c3cccs3)ccc12. The van der Waals surface area contributed by atoms with Crippen molar-refractivity contribution in [3.8, 4) is 5.75 Å². The minimum absolute atomic E-state index is 0.0216. The predicted molar refractivity (Wildman–Crippen MR) is 101 cm³/mol. The molecule has 1 aliphatic rings. The first-order chi connectivity index (χ1) is 12.6. The fraction of sp³-hybridized carbons (Fsp3) is 0.300. The number of benzene rings is 1. The van der Waals surface area contributed by atoms with E-state index in [1.54, 1.807) is 23.5 Å². The van der Waals surface area contributed by atoms with Gasteiger partial charge in [-0.1, -0.05) is 6.07 Å². The van der Waals surface area contributed by atoms with Gasteiger partial charge in [0.05, 0.1) is 6.04 Å². The first-order valence-electron chi connectivity index (χ1n) is 8.62. The molecule has 3 heterocycles. The Morgan fingerprint density at radius 2 is 2.23 bits per heavy atom. The lowest BCUT2D eigenvalue weighted by Crippen LogP contribution is -2.34. The van der Waals surface area contributed by atoms with Crippen LogP contribution < -0.4 is 10.4 Å². The number of carbonyl (C=O) groups is 1. The molecule has 0 N–H and O–H groups in total. The van der Waals surface area contributed by atoms with Gasteiger partial charge in [0.15, 0.2) is 6.61 Å². The van der Waals surface area contributed by atoms with Gasteiger partial charge in [-0.2, -0.15) is 0 Å². The highest BCUT2D eigenvalue weighted by Crippen LogP contribution is 2.34. The number of hydrogen-bond donors (Lipinski definition) is 0. The van der Waals surface area contributed by atoms with Gasteiger partial charge in [0.25, 0.3) is 5.91 Å². The number of rotatable bonds is 4. The lowest BCUT2D eigenvalue weighted by Gasteiger charge is -2.24. The molecule has 1 saturated heterocycles. The van der Waals surface area contributed by atoms with Crippen molar-refractivity contribution in [1.82, 2.24) is 4.90 Å². The van der Waals surface area contributed by atoms with Crippen molar-refractivity contribution in [2.45, 2.75) is 25.8 Å². The Balaban J connectivity index is 1.47. The van der Waals surface area contributed by atoms with Gasteiger partial charge in [-0.25, -0.2) is 4.79 Å². The summed E-state index contributed by atoms with van der Waals surface area (Å²) in [6, 6.07) is 11.0. The number of ether oxygens (including phenoxy) is 1. The lowest BCUT2D eigenvalue weighted by molar-refractivity contribution is -0.134. The predicted octanol–water partition coefficient (Wildman–Crippen LogP) is 3.91. The highest BCUT2D eigenvalue weighted by atomic mass is 32.1. The molecule has 1 aromatic carbocycles. The van der Waals surface area contributed by atoms with Crippen LogP contribution in [-0.4, -0.2) is 24.0 Å². The van der Waals surface area contributed by atoms with Crippen molar-refractivity contribution in [2.24, 2.45) is 0 Å². The topological polar surface area (TPSA) is 59.8 Å². The van der Waals surface area contributed by atoms with Crippen LogP contribution in [0.2, 0.25) is 0 Å². The number of likely N-dealkylation sites (tertiary alicyclic amines) is 1. The van der Waals surface area contributed by atoms with Crippen molar-refractivity contribution in [3.05, 3.63) is 62.6 Å². The lowest BCUT2D eigenvalue weighted by atomic mass is 10.1. The molecule has 6 heteroatoms. The molecule has 0 aliphatic carbocycles. The number of fused-ring (bicyclic) bond motifs is 1. The minimum Gasteiger partial charge on any atom is -0.484 e. The number of hydrogen-bond acceptors (Lipinski definition) is 5. The standard InChI is InChI=1S/C20H19NO4S/c1-13-10-20(23)25-17-11-14(6-7-15(13)17)24-12-19(22)21-8-2-4-16(21)18-5-3-9-26-18/h3,5-7,9-11,16H,2,4,8,12H2,1H3/t16-/m0/s1. The minimum atomic E-state index is -0.390. The van der Waals surface area contributed by atoms with Crippen LogP contribution in [0.1, 0.15) is 29.3 Å². The van der Waals surface area contributed by atoms with E-state index in [4.69, 9.17) is 9.15 Å². The van der Waals surface area contributed by atoms with Gasteiger partial charge < -0.3 is 14.1 Å². The molecule has 4 rings (SSSR count). The average Bonchev–Trinajstić information content (AvgIpc) is 3.30. The Labute approximate surface area is 154 Å². The molecule has 5 nitrogen and oxygen atoms in total. The fourth-order valence-electron chi connectivity index (χ4n) is 3.46. The van der Waals surface area contributed by atoms with Crippen LogP contribution in [0, 0.1) is 6.92 Å². The molecular weight excluding hydrogens is 350 g/mol. The van der Waals surface area contributed by atoms with Crippen molar-refractivity contribution in [1.29, 1.82) is 0 Å². The summed E-state index contributed by atoms with van der Waals surface area (Å²) in [6.07, 6.45) is 2.00. The summed E-state index contributed by atoms with van der Waals surface area (Å²) in [6.45, 7) is 2.60. The summed E-state index contributed by atoms with van der Waals surface area (Å²) in [5, 5.41) is 2.90. The van der Waals surface area contributed by atoms with Crippen molar-refractivity contribution in [2.75, 3.05) is 13.2 Å². The Hall–Kier alpha value is -2.60. The molecule has 2 aromatic heterocycles. The van der Waals surface area contributed by atoms with E-state index < -0.39 is 0 Å². The van der Waals surface area contributed by atoms with E-state index in [0.717, 1.165) is 30.3 Å². The van der Waals surface area contributed by atoms with Crippen molar-refractivity contribution >= 4 is 28.2 Å². The van der Waals surface area contributed by atoms with Crippen molar-refractivity contribution in [3.63, 3.8) is 0 Å². The summed E-state index contributed by atoms with van der Waals surface area (Å²) in [4.78, 5) is 27.3. The van der Waals surface area contributed by atoms with Crippen LogP contribution in [0.25, 0.3) is 11.0 Å². The molecule has 1 atom stereocenters. The third kappa shape index (κ3) is 3.24. The zero-order valence-corrected chi connectivity index (χ0v) is 15.3. The molecule has 0 saturated carbocycles. The van der Waals surface area contributed by atoms with Crippen LogP contribution in [0.5, 0.6) is 5.75 Å². The molecule has 0 unspecified atom stereocenters. The maximum atomic E-state index is 12.6. The molecule has 134 valence electrons. The van der Waals surface area contributed by atoms with Gasteiger partial charge in [0.1, 0.15) is 11.3 Å². The van der Waals surface area contributed by atoms with Crippen LogP contribution in [0.4, 0.5) is 0 Å². The highest BCUT2D eigenvalue weighted by molar-refractivity contribution is 7.10. The average molecular weight is 369 g/mol. The van der Waals surface area contributed by atoms with E-state index in [1.165, 1.54) is 10.9 Å². The number of amides is 1. The second-order valence-electron chi connectivity index (χ2n) is 6.46. The Bertz CT molecular complexity index is 993. The van der Waals surface area contributed by atoms with E-state index in [-0.39, 0.29) is 24.2 Å². The van der Waals surface area contributed by atoms with Crippen LogP contribution >= 0.6 is 11.3 Å². The molecule has 26 heavy (non-hydrogen) atoms. The second-order valence-corrected chi connectivity index (χ2v) is 7.43. The van der Waals surface area contributed by atoms with E-state index in [2.05, 4.69) is 6.07 Å². The number of nitrogens with zero attached hydrogens (tertiary/aromatic N) is 1. The summed E-state index contributed by atoms with van der Waals surface area (Å²) < 4.78 is 10.9. The largest absolute Gasteiger partial charge is 0.484 e. The Morgan fingerprint density at radius 3 is 3.04 bits per heavy atom. The smallest absolute Gasteiger partial charge is 0.336 e. The quantitative estimate of drug-likeness (QED) is 0.654. The Kier molecular flexibility index (Phi) is 4.51. The van der Waals surface area contributed by atoms with E-state index >= 15 is 0 Å². The van der Waals surface area contributed by atoms with Gasteiger partial charge >= 0.3 is 5.63 Å². The summed E-state index contributed by atoms with van der Waals surface area (Å²) in [7, 11) is 0. The summed E-state index contributed by atoms with van der Waals surface area (Å²) >= 11 is 1.68. The second kappa shape index (κ2) is 6.96. The van der Waals surface area contributed by atoms with Gasteiger partial charge in [-0.15, -0.1) is 11.3 Å². The molecule has 0 spiro atoms. The highest BCUT2D eigenvalue weighted by Gasteiger charge is 2.30. The maximum Gasteiger partial charge on any atom is 0.336 e. The molecule has 1 fully saturated rings. The first-order valence-corrected chi connectivity index (χ1v) is 9.50. The number of thiophene rings is 1. The molecule has 1 amide bonds. The van der Waals surface area contributed by atoms with Crippen LogP contribution in [0.3, 0.4) is 0 Å². The molecule has 3 aromatic rings. The third-order valence-electron chi connectivity index (χ3n) is 4.73. The van der Waals surface area contributed by atoms with Gasteiger partial charge in [-0.3, -0.25) is 4.79 Å². The van der Waals surface area contributed by atoms with Gasteiger partial charge in [-0.05, 0) is 48.9 Å². The normalized spacial score (nSPS) is 17.0. The third-order valence-corrected chi connectivity index (χ3v) is 5.70. The summed E-state index contributed by atoms with van der Waals surface area (Å²) in [5.74, 6) is 0.498. The molecule has 0 bridgehead atoms.